The summed E-state index contributed by atoms with van der Waals surface area (Å²) < 4.78 is 10.2. The van der Waals surface area contributed by atoms with E-state index in [2.05, 4.69) is 5.32 Å². The number of nitrogens with one attached hydrogen (secondary N) is 1. The minimum atomic E-state index is -0.734. The average molecular weight is 393 g/mol. The van der Waals surface area contributed by atoms with Gasteiger partial charge in [-0.25, -0.2) is 9.59 Å². The summed E-state index contributed by atoms with van der Waals surface area (Å²) in [6, 6.07) is 14.9. The van der Waals surface area contributed by atoms with Crippen molar-refractivity contribution in [2.75, 3.05) is 7.11 Å². The third-order valence-electron chi connectivity index (χ3n) is 4.58. The molecule has 2 aromatic carbocycles. The van der Waals surface area contributed by atoms with Crippen LogP contribution in [0.3, 0.4) is 0 Å². The number of fused-ring (bicyclic) bond motifs is 1. The minimum Gasteiger partial charge on any atom is -0.467 e. The van der Waals surface area contributed by atoms with E-state index < -0.39 is 23.5 Å². The highest BCUT2D eigenvalue weighted by atomic mass is 16.5. The molecule has 1 amide bonds. The molecule has 0 unspecified atom stereocenters. The van der Waals surface area contributed by atoms with Gasteiger partial charge < -0.3 is 14.5 Å². The molecule has 3 rings (SSSR count). The Hall–Kier alpha value is -3.41. The molecule has 6 nitrogen and oxygen atoms in total. The molecule has 1 aromatic heterocycles. The van der Waals surface area contributed by atoms with Gasteiger partial charge in [-0.1, -0.05) is 44.2 Å². The summed E-state index contributed by atoms with van der Waals surface area (Å²) >= 11 is 0. The summed E-state index contributed by atoms with van der Waals surface area (Å²) in [6.45, 7) is 3.92. The molecule has 3 aromatic rings. The maximum Gasteiger partial charge on any atom is 0.344 e. The van der Waals surface area contributed by atoms with Crippen LogP contribution in [-0.4, -0.2) is 25.0 Å². The van der Waals surface area contributed by atoms with Crippen molar-refractivity contribution in [1.29, 1.82) is 0 Å². The fourth-order valence-corrected chi connectivity index (χ4v) is 3.16. The van der Waals surface area contributed by atoms with E-state index >= 15 is 0 Å². The monoisotopic (exact) mass is 393 g/mol. The van der Waals surface area contributed by atoms with Crippen molar-refractivity contribution in [3.63, 3.8) is 0 Å². The highest BCUT2D eigenvalue weighted by Crippen LogP contribution is 2.22. The molecule has 0 fully saturated rings. The first-order valence-electron chi connectivity index (χ1n) is 9.41. The molecule has 0 aliphatic carbocycles. The van der Waals surface area contributed by atoms with Crippen LogP contribution in [0.4, 0.5) is 0 Å². The molecule has 1 atom stereocenters. The largest absolute Gasteiger partial charge is 0.467 e. The van der Waals surface area contributed by atoms with Crippen molar-refractivity contribution in [2.24, 2.45) is 5.92 Å². The van der Waals surface area contributed by atoms with Crippen LogP contribution < -0.4 is 10.9 Å². The lowest BCUT2D eigenvalue weighted by Crippen LogP contribution is -2.42. The number of carbonyl (C=O) groups excluding carboxylic acids is 2. The van der Waals surface area contributed by atoms with Gasteiger partial charge in [0.2, 0.25) is 0 Å². The number of rotatable bonds is 6. The van der Waals surface area contributed by atoms with E-state index in [1.807, 2.05) is 26.0 Å². The topological polar surface area (TPSA) is 85.6 Å². The van der Waals surface area contributed by atoms with E-state index in [-0.39, 0.29) is 5.92 Å². The number of amides is 1. The summed E-state index contributed by atoms with van der Waals surface area (Å²) in [6.07, 6.45) is 0.465. The molecule has 1 heterocycles. The van der Waals surface area contributed by atoms with E-state index in [1.165, 1.54) is 7.11 Å². The number of para-hydroxylation sites is 1. The van der Waals surface area contributed by atoms with Crippen LogP contribution in [-0.2, 0) is 9.53 Å². The molecule has 150 valence electrons. The van der Waals surface area contributed by atoms with Gasteiger partial charge in [0, 0.05) is 10.9 Å². The summed E-state index contributed by atoms with van der Waals surface area (Å²) in [7, 11) is 1.29. The molecule has 0 radical (unpaired) electrons. The molecular weight excluding hydrogens is 370 g/mol. The summed E-state index contributed by atoms with van der Waals surface area (Å²) in [5.41, 5.74) is 1.30. The summed E-state index contributed by atoms with van der Waals surface area (Å²) in [4.78, 5) is 37.1. The zero-order valence-corrected chi connectivity index (χ0v) is 16.6. The van der Waals surface area contributed by atoms with Crippen LogP contribution in [0.5, 0.6) is 0 Å². The molecule has 0 saturated heterocycles. The molecule has 0 aliphatic rings. The van der Waals surface area contributed by atoms with Gasteiger partial charge in [-0.2, -0.15) is 0 Å². The normalized spacial score (nSPS) is 12.0. The number of carbonyl (C=O) groups is 2. The third-order valence-corrected chi connectivity index (χ3v) is 4.58. The number of methoxy groups -OCH3 is 1. The van der Waals surface area contributed by atoms with Gasteiger partial charge in [0.25, 0.3) is 5.91 Å². The standard InChI is InChI=1S/C23H23NO5/c1-14(2)11-19(23(27)28-3)24-21(25)17-9-6-8-15(12-17)18-13-16-7-4-5-10-20(16)29-22(18)26/h4-10,12-14,19H,11H2,1-3H3,(H,24,25)/t19-/m1/s1. The van der Waals surface area contributed by atoms with Crippen molar-refractivity contribution in [1.82, 2.24) is 5.32 Å². The highest BCUT2D eigenvalue weighted by molar-refractivity contribution is 5.98. The molecule has 0 bridgehead atoms. The second-order valence-electron chi connectivity index (χ2n) is 7.24. The second-order valence-corrected chi connectivity index (χ2v) is 7.24. The van der Waals surface area contributed by atoms with E-state index in [9.17, 15) is 14.4 Å². The van der Waals surface area contributed by atoms with Crippen LogP contribution in [0.2, 0.25) is 0 Å². The van der Waals surface area contributed by atoms with Gasteiger partial charge in [0.15, 0.2) is 0 Å². The van der Waals surface area contributed by atoms with Crippen LogP contribution in [0, 0.1) is 5.92 Å². The molecule has 6 heteroatoms. The first-order chi connectivity index (χ1) is 13.9. The summed E-state index contributed by atoms with van der Waals surface area (Å²) in [5.74, 6) is -0.695. The number of esters is 1. The second kappa shape index (κ2) is 8.73. The van der Waals surface area contributed by atoms with Gasteiger partial charge in [-0.15, -0.1) is 0 Å². The van der Waals surface area contributed by atoms with Crippen molar-refractivity contribution in [3.05, 3.63) is 70.6 Å². The van der Waals surface area contributed by atoms with Crippen LogP contribution in [0.1, 0.15) is 30.6 Å². The number of hydrogen-bond acceptors (Lipinski definition) is 5. The molecule has 0 aliphatic heterocycles. The van der Waals surface area contributed by atoms with E-state index in [0.29, 0.717) is 28.7 Å². The van der Waals surface area contributed by atoms with Gasteiger partial charge in [0.05, 0.1) is 12.7 Å². The Morgan fingerprint density at radius 1 is 1.07 bits per heavy atom. The zero-order valence-electron chi connectivity index (χ0n) is 16.6. The molecular formula is C23H23NO5. The van der Waals surface area contributed by atoms with E-state index in [4.69, 9.17) is 9.15 Å². The van der Waals surface area contributed by atoms with Gasteiger partial charge in [-0.05, 0) is 42.2 Å². The lowest BCUT2D eigenvalue weighted by molar-refractivity contribution is -0.143. The lowest BCUT2D eigenvalue weighted by Gasteiger charge is -2.18. The summed E-state index contributed by atoms with van der Waals surface area (Å²) in [5, 5.41) is 3.51. The Balaban J connectivity index is 1.91. The van der Waals surface area contributed by atoms with Crippen LogP contribution >= 0.6 is 0 Å². The Morgan fingerprint density at radius 3 is 2.55 bits per heavy atom. The van der Waals surface area contributed by atoms with Crippen molar-refractivity contribution >= 4 is 22.8 Å². The fourth-order valence-electron chi connectivity index (χ4n) is 3.16. The van der Waals surface area contributed by atoms with Crippen molar-refractivity contribution in [3.8, 4) is 11.1 Å². The smallest absolute Gasteiger partial charge is 0.344 e. The predicted molar refractivity (Wildman–Crippen MR) is 111 cm³/mol. The Morgan fingerprint density at radius 2 is 1.83 bits per heavy atom. The minimum absolute atomic E-state index is 0.202. The SMILES string of the molecule is COC(=O)[C@@H](CC(C)C)NC(=O)c1cccc(-c2cc3ccccc3oc2=O)c1. The molecule has 1 N–H and O–H groups in total. The van der Waals surface area contributed by atoms with Gasteiger partial charge >= 0.3 is 11.6 Å². The number of benzene rings is 2. The van der Waals surface area contributed by atoms with E-state index in [1.54, 1.807) is 42.5 Å². The van der Waals surface area contributed by atoms with Gasteiger partial charge in [0.1, 0.15) is 11.6 Å². The quantitative estimate of drug-likeness (QED) is 0.509. The lowest BCUT2D eigenvalue weighted by atomic mass is 10.0. The number of hydrogen-bond donors (Lipinski definition) is 1. The van der Waals surface area contributed by atoms with E-state index in [0.717, 1.165) is 5.39 Å². The maximum absolute atomic E-state index is 12.7. The Labute approximate surface area is 168 Å². The predicted octanol–water partition coefficient (Wildman–Crippen LogP) is 3.78. The van der Waals surface area contributed by atoms with Crippen LogP contribution in [0.25, 0.3) is 22.1 Å². The first kappa shape index (κ1) is 20.3. The van der Waals surface area contributed by atoms with Crippen molar-refractivity contribution < 1.29 is 18.7 Å². The van der Waals surface area contributed by atoms with Crippen LogP contribution in [0.15, 0.2) is 63.8 Å². The maximum atomic E-state index is 12.7. The van der Waals surface area contributed by atoms with Gasteiger partial charge in [-0.3, -0.25) is 4.79 Å². The molecule has 0 saturated carbocycles. The molecule has 0 spiro atoms. The average Bonchev–Trinajstić information content (AvgIpc) is 2.71. The Bertz CT molecular complexity index is 1100. The first-order valence-corrected chi connectivity index (χ1v) is 9.41. The Kier molecular flexibility index (Phi) is 6.12. The number of ether oxygens (including phenoxy) is 1. The highest BCUT2D eigenvalue weighted by Gasteiger charge is 2.23. The van der Waals surface area contributed by atoms with Crippen molar-refractivity contribution in [2.45, 2.75) is 26.3 Å². The third kappa shape index (κ3) is 4.71. The fraction of sp³-hybridized carbons (Fsp3) is 0.261. The molecule has 29 heavy (non-hydrogen) atoms. The zero-order chi connectivity index (χ0) is 21.0.